The largest absolute Gasteiger partial charge is 0.508 e. The molecule has 28 heavy (non-hydrogen) atoms. The number of phenolic OH excluding ortho intramolecular Hbond substituents is 1. The van der Waals surface area contributed by atoms with E-state index in [0.717, 1.165) is 11.1 Å². The molecule has 0 spiro atoms. The number of ether oxygens (including phenoxy) is 1. The van der Waals surface area contributed by atoms with Crippen LogP contribution in [0.4, 0.5) is 3.89 Å². The summed E-state index contributed by atoms with van der Waals surface area (Å²) in [5, 5.41) is 9.49. The van der Waals surface area contributed by atoms with Crippen molar-refractivity contribution in [2.45, 2.75) is 12.5 Å². The molecule has 0 amide bonds. The van der Waals surface area contributed by atoms with E-state index in [0.29, 0.717) is 19.6 Å². The number of nitrogens with zero attached hydrogens (tertiary/aromatic N) is 1. The molecule has 0 radical (unpaired) electrons. The number of rotatable bonds is 6. The van der Waals surface area contributed by atoms with Gasteiger partial charge in [0.05, 0.1) is 13.0 Å². The van der Waals surface area contributed by atoms with Gasteiger partial charge in [-0.1, -0.05) is 28.2 Å². The number of hydrogen-bond donors (Lipinski definition) is 1. The third kappa shape index (κ3) is 4.99. The lowest BCUT2D eigenvalue weighted by Crippen LogP contribution is -2.24. The van der Waals surface area contributed by atoms with E-state index in [9.17, 15) is 22.2 Å². The molecule has 9 heteroatoms. The molecule has 1 N–H and O–H groups in total. The van der Waals surface area contributed by atoms with Gasteiger partial charge in [-0.25, -0.2) is 0 Å². The second kappa shape index (κ2) is 8.15. The summed E-state index contributed by atoms with van der Waals surface area (Å²) >= 11 is 0. The monoisotopic (exact) mass is 409 g/mol. The molecule has 1 aliphatic rings. The zero-order chi connectivity index (χ0) is 20.3. The predicted octanol–water partition coefficient (Wildman–Crippen LogP) is 2.37. The molecule has 1 heterocycles. The van der Waals surface area contributed by atoms with Crippen molar-refractivity contribution in [2.75, 3.05) is 20.2 Å². The number of carbonyl (C=O) groups is 1. The summed E-state index contributed by atoms with van der Waals surface area (Å²) in [4.78, 5) is 14.3. The second-order valence-electron chi connectivity index (χ2n) is 6.64. The van der Waals surface area contributed by atoms with Crippen molar-refractivity contribution < 1.29 is 31.1 Å². The van der Waals surface area contributed by atoms with Crippen molar-refractivity contribution in [1.29, 1.82) is 0 Å². The van der Waals surface area contributed by atoms with Crippen LogP contribution in [0, 0.1) is 5.92 Å². The number of carbonyl (C=O) groups excluding carboxylic acids is 1. The molecule has 2 aromatic rings. The molecular formula is C19H20FNO6S. The Balaban J connectivity index is 1.72. The molecule has 0 aromatic heterocycles. The van der Waals surface area contributed by atoms with Crippen LogP contribution in [0.1, 0.15) is 17.0 Å². The Bertz CT molecular complexity index is 930. The maximum atomic E-state index is 12.6. The molecule has 0 bridgehead atoms. The second-order valence-corrected chi connectivity index (χ2v) is 7.60. The first-order chi connectivity index (χ1) is 13.2. The van der Waals surface area contributed by atoms with Gasteiger partial charge in [-0.05, 0) is 35.4 Å². The highest BCUT2D eigenvalue weighted by molar-refractivity contribution is 7.81. The summed E-state index contributed by atoms with van der Waals surface area (Å²) in [5.74, 6) is -0.661. The maximum Gasteiger partial charge on any atom is 0.488 e. The quantitative estimate of drug-likeness (QED) is 0.578. The van der Waals surface area contributed by atoms with Crippen LogP contribution in [0.2, 0.25) is 0 Å². The summed E-state index contributed by atoms with van der Waals surface area (Å²) in [6, 6.07) is 12.8. The van der Waals surface area contributed by atoms with E-state index >= 15 is 0 Å². The third-order valence-corrected chi connectivity index (χ3v) is 5.14. The highest BCUT2D eigenvalue weighted by Crippen LogP contribution is 2.35. The van der Waals surface area contributed by atoms with Gasteiger partial charge in [-0.3, -0.25) is 9.69 Å². The lowest BCUT2D eigenvalue weighted by molar-refractivity contribution is -0.145. The van der Waals surface area contributed by atoms with Gasteiger partial charge >= 0.3 is 16.5 Å². The van der Waals surface area contributed by atoms with Crippen LogP contribution in [0.5, 0.6) is 11.5 Å². The minimum Gasteiger partial charge on any atom is -0.508 e. The molecule has 150 valence electrons. The minimum atomic E-state index is -5.05. The van der Waals surface area contributed by atoms with Gasteiger partial charge in [0, 0.05) is 25.6 Å². The summed E-state index contributed by atoms with van der Waals surface area (Å²) in [7, 11) is -3.70. The van der Waals surface area contributed by atoms with Gasteiger partial charge in [-0.2, -0.15) is 8.42 Å². The van der Waals surface area contributed by atoms with E-state index < -0.39 is 10.5 Å². The van der Waals surface area contributed by atoms with Crippen LogP contribution < -0.4 is 4.18 Å². The number of benzene rings is 2. The first-order valence-electron chi connectivity index (χ1n) is 8.57. The maximum absolute atomic E-state index is 12.6. The topological polar surface area (TPSA) is 93.1 Å². The van der Waals surface area contributed by atoms with E-state index in [1.54, 1.807) is 36.4 Å². The normalized spacial score (nSPS) is 20.1. The fourth-order valence-electron chi connectivity index (χ4n) is 3.49. The van der Waals surface area contributed by atoms with Gasteiger partial charge in [0.15, 0.2) is 0 Å². The Labute approximate surface area is 162 Å². The molecule has 3 rings (SSSR count). The number of methoxy groups -OCH3 is 1. The van der Waals surface area contributed by atoms with Gasteiger partial charge in [0.2, 0.25) is 0 Å². The van der Waals surface area contributed by atoms with Crippen LogP contribution in [-0.4, -0.2) is 44.6 Å². The van der Waals surface area contributed by atoms with Gasteiger partial charge < -0.3 is 14.0 Å². The van der Waals surface area contributed by atoms with Crippen LogP contribution in [-0.2, 0) is 26.6 Å². The lowest BCUT2D eigenvalue weighted by atomic mass is 9.89. The number of esters is 1. The standard InChI is InChI=1S/C19H20FNO6S/c1-26-19(23)18-12-21(11-17(18)14-4-6-15(22)7-5-14)10-13-2-8-16(9-3-13)27-28(20,24)25/h2-9,17-18,22H,10-12H2,1H3/t17-,18+/m0/s1. The molecule has 0 unspecified atom stereocenters. The number of aromatic hydroxyl groups is 1. The molecule has 0 saturated carbocycles. The Morgan fingerprint density at radius 1 is 1.14 bits per heavy atom. The average Bonchev–Trinajstić information content (AvgIpc) is 3.06. The molecule has 0 aliphatic carbocycles. The first kappa shape index (κ1) is 20.1. The summed E-state index contributed by atoms with van der Waals surface area (Å²) in [5.41, 5.74) is 1.80. The van der Waals surface area contributed by atoms with Crippen molar-refractivity contribution in [2.24, 2.45) is 5.92 Å². The van der Waals surface area contributed by atoms with Gasteiger partial charge in [0.1, 0.15) is 11.5 Å². The number of phenols is 1. The highest BCUT2D eigenvalue weighted by Gasteiger charge is 2.39. The van der Waals surface area contributed by atoms with Gasteiger partial charge in [-0.15, -0.1) is 0 Å². The smallest absolute Gasteiger partial charge is 0.488 e. The minimum absolute atomic E-state index is 0.0765. The van der Waals surface area contributed by atoms with Crippen molar-refractivity contribution in [3.05, 3.63) is 59.7 Å². The lowest BCUT2D eigenvalue weighted by Gasteiger charge is -2.17. The van der Waals surface area contributed by atoms with E-state index in [4.69, 9.17) is 4.74 Å². The Morgan fingerprint density at radius 2 is 1.79 bits per heavy atom. The molecular weight excluding hydrogens is 389 g/mol. The fraction of sp³-hybridized carbons (Fsp3) is 0.316. The zero-order valence-electron chi connectivity index (χ0n) is 15.1. The molecule has 1 fully saturated rings. The Kier molecular flexibility index (Phi) is 5.85. The molecule has 1 saturated heterocycles. The predicted molar refractivity (Wildman–Crippen MR) is 98.7 cm³/mol. The van der Waals surface area contributed by atoms with Crippen molar-refractivity contribution >= 4 is 16.5 Å². The Hall–Kier alpha value is -2.65. The van der Waals surface area contributed by atoms with Crippen molar-refractivity contribution in [3.63, 3.8) is 0 Å². The van der Waals surface area contributed by atoms with E-state index in [1.807, 2.05) is 0 Å². The van der Waals surface area contributed by atoms with Crippen LogP contribution in [0.3, 0.4) is 0 Å². The summed E-state index contributed by atoms with van der Waals surface area (Å²) < 4.78 is 42.8. The number of hydrogen-bond acceptors (Lipinski definition) is 7. The molecule has 1 aliphatic heterocycles. The van der Waals surface area contributed by atoms with E-state index in [1.165, 1.54) is 19.2 Å². The fourth-order valence-corrected chi connectivity index (χ4v) is 3.83. The van der Waals surface area contributed by atoms with E-state index in [2.05, 4.69) is 9.08 Å². The first-order valence-corrected chi connectivity index (χ1v) is 9.88. The van der Waals surface area contributed by atoms with Crippen LogP contribution >= 0.6 is 0 Å². The Morgan fingerprint density at radius 3 is 2.36 bits per heavy atom. The SMILES string of the molecule is COC(=O)[C@@H]1CN(Cc2ccc(OS(=O)(=O)F)cc2)C[C@H]1c1ccc(O)cc1. The van der Waals surface area contributed by atoms with E-state index in [-0.39, 0.29) is 29.3 Å². The number of likely N-dealkylation sites (tertiary alicyclic amines) is 1. The third-order valence-electron chi connectivity index (χ3n) is 4.75. The molecule has 2 aromatic carbocycles. The van der Waals surface area contributed by atoms with Crippen molar-refractivity contribution in [3.8, 4) is 11.5 Å². The summed E-state index contributed by atoms with van der Waals surface area (Å²) in [6.45, 7) is 1.63. The van der Waals surface area contributed by atoms with Crippen LogP contribution in [0.15, 0.2) is 48.5 Å². The van der Waals surface area contributed by atoms with Crippen molar-refractivity contribution in [1.82, 2.24) is 4.90 Å². The zero-order valence-corrected chi connectivity index (χ0v) is 15.9. The molecule has 7 nitrogen and oxygen atoms in total. The molecule has 2 atom stereocenters. The summed E-state index contributed by atoms with van der Waals surface area (Å²) in [6.07, 6.45) is 0. The highest BCUT2D eigenvalue weighted by atomic mass is 32.3. The van der Waals surface area contributed by atoms with Gasteiger partial charge in [0.25, 0.3) is 0 Å². The average molecular weight is 409 g/mol. The van der Waals surface area contributed by atoms with Crippen LogP contribution in [0.25, 0.3) is 0 Å². The number of halogens is 1.